The topological polar surface area (TPSA) is 53.3 Å². The summed E-state index contributed by atoms with van der Waals surface area (Å²) in [4.78, 5) is 14.4. The normalized spacial score (nSPS) is 22.8. The van der Waals surface area contributed by atoms with Gasteiger partial charge in [-0.05, 0) is 38.5 Å². The van der Waals surface area contributed by atoms with Crippen LogP contribution in [0, 0.1) is 22.7 Å². The molecule has 0 aromatic rings. The van der Waals surface area contributed by atoms with Crippen LogP contribution in [0.25, 0.3) is 0 Å². The molecule has 0 spiro atoms. The summed E-state index contributed by atoms with van der Waals surface area (Å²) >= 11 is 0. The summed E-state index contributed by atoms with van der Waals surface area (Å²) in [5.41, 5.74) is -0.816. The molecule has 0 radical (unpaired) electrons. The molecule has 0 aromatic heterocycles. The van der Waals surface area contributed by atoms with E-state index in [1.165, 1.54) is 12.8 Å². The monoisotopic (exact) mass is 236 g/mol. The second kappa shape index (κ2) is 5.05. The highest BCUT2D eigenvalue weighted by Gasteiger charge is 2.43. The lowest BCUT2D eigenvalue weighted by atomic mass is 9.80. The van der Waals surface area contributed by atoms with Crippen molar-refractivity contribution in [2.24, 2.45) is 11.3 Å². The van der Waals surface area contributed by atoms with Crippen LogP contribution in [-0.4, -0.2) is 37.1 Å². The number of nitriles is 1. The maximum absolute atomic E-state index is 12.5. The molecule has 0 N–H and O–H groups in total. The van der Waals surface area contributed by atoms with Crippen molar-refractivity contribution in [1.82, 2.24) is 4.90 Å². The minimum absolute atomic E-state index is 0.0256. The number of amides is 1. The number of carbonyl (C=O) groups is 1. The molecule has 1 aliphatic heterocycles. The van der Waals surface area contributed by atoms with E-state index >= 15 is 0 Å². The third-order valence-corrected chi connectivity index (χ3v) is 3.81. The summed E-state index contributed by atoms with van der Waals surface area (Å²) in [6, 6.07) is 2.25. The molecule has 17 heavy (non-hydrogen) atoms. The lowest BCUT2D eigenvalue weighted by Crippen LogP contribution is -2.46. The van der Waals surface area contributed by atoms with E-state index in [0.717, 1.165) is 6.54 Å². The van der Waals surface area contributed by atoms with Gasteiger partial charge < -0.3 is 9.64 Å². The molecule has 0 aromatic carbocycles. The Hall–Kier alpha value is -1.08. The lowest BCUT2D eigenvalue weighted by Gasteiger charge is -2.34. The van der Waals surface area contributed by atoms with Crippen LogP contribution >= 0.6 is 0 Å². The summed E-state index contributed by atoms with van der Waals surface area (Å²) in [6.45, 7) is 4.59. The van der Waals surface area contributed by atoms with E-state index in [-0.39, 0.29) is 5.91 Å². The van der Waals surface area contributed by atoms with Gasteiger partial charge in [0, 0.05) is 26.3 Å². The van der Waals surface area contributed by atoms with Crippen molar-refractivity contribution in [3.8, 4) is 6.07 Å². The van der Waals surface area contributed by atoms with Gasteiger partial charge in [-0.1, -0.05) is 0 Å². The molecule has 0 unspecified atom stereocenters. The van der Waals surface area contributed by atoms with Crippen LogP contribution in [0.3, 0.4) is 0 Å². The van der Waals surface area contributed by atoms with Crippen molar-refractivity contribution in [3.63, 3.8) is 0 Å². The van der Waals surface area contributed by atoms with Crippen LogP contribution in [-0.2, 0) is 9.53 Å². The predicted molar refractivity (Wildman–Crippen MR) is 63.1 cm³/mol. The average Bonchev–Trinajstić information content (AvgIpc) is 3.20. The summed E-state index contributed by atoms with van der Waals surface area (Å²) in [7, 11) is 0. The van der Waals surface area contributed by atoms with Gasteiger partial charge in [-0.3, -0.25) is 4.79 Å². The predicted octanol–water partition coefficient (Wildman–Crippen LogP) is 1.57. The molecule has 1 saturated heterocycles. The summed E-state index contributed by atoms with van der Waals surface area (Å²) in [6.07, 6.45) is 3.55. The molecule has 1 aliphatic carbocycles. The first kappa shape index (κ1) is 12.4. The molecule has 1 heterocycles. The minimum atomic E-state index is -0.816. The fourth-order valence-corrected chi connectivity index (χ4v) is 2.36. The summed E-state index contributed by atoms with van der Waals surface area (Å²) < 4.78 is 5.26. The fourth-order valence-electron chi connectivity index (χ4n) is 2.36. The number of carbonyl (C=O) groups excluding carboxylic acids is 1. The van der Waals surface area contributed by atoms with Crippen LogP contribution in [0.5, 0.6) is 0 Å². The van der Waals surface area contributed by atoms with Crippen LogP contribution in [0.2, 0.25) is 0 Å². The van der Waals surface area contributed by atoms with Crippen LogP contribution in [0.1, 0.15) is 32.6 Å². The van der Waals surface area contributed by atoms with Gasteiger partial charge in [-0.2, -0.15) is 5.26 Å². The molecule has 0 atom stereocenters. The molecule has 0 bridgehead atoms. The number of hydrogen-bond donors (Lipinski definition) is 0. The first-order valence-corrected chi connectivity index (χ1v) is 6.50. The van der Waals surface area contributed by atoms with E-state index in [1.54, 1.807) is 0 Å². The molecule has 2 rings (SSSR count). The minimum Gasteiger partial charge on any atom is -0.381 e. The largest absolute Gasteiger partial charge is 0.381 e. The van der Waals surface area contributed by atoms with E-state index in [4.69, 9.17) is 4.74 Å². The van der Waals surface area contributed by atoms with Gasteiger partial charge >= 0.3 is 0 Å². The smallest absolute Gasteiger partial charge is 0.243 e. The van der Waals surface area contributed by atoms with E-state index in [9.17, 15) is 10.1 Å². The van der Waals surface area contributed by atoms with Crippen LogP contribution in [0.15, 0.2) is 0 Å². The molecule has 4 nitrogen and oxygen atoms in total. The fraction of sp³-hybridized carbons (Fsp3) is 0.846. The Kier molecular flexibility index (Phi) is 3.68. The van der Waals surface area contributed by atoms with Gasteiger partial charge in [0.15, 0.2) is 0 Å². The maximum Gasteiger partial charge on any atom is 0.243 e. The van der Waals surface area contributed by atoms with Crippen molar-refractivity contribution >= 4 is 5.91 Å². The molecule has 4 heteroatoms. The zero-order chi connectivity index (χ0) is 12.3. The Bertz CT molecular complexity index is 325. The second-order valence-electron chi connectivity index (χ2n) is 5.09. The zero-order valence-corrected chi connectivity index (χ0v) is 10.4. The van der Waals surface area contributed by atoms with Crippen molar-refractivity contribution in [1.29, 1.82) is 5.26 Å². The van der Waals surface area contributed by atoms with E-state index < -0.39 is 5.41 Å². The average molecular weight is 236 g/mol. The summed E-state index contributed by atoms with van der Waals surface area (Å²) in [5.74, 6) is 0.701. The van der Waals surface area contributed by atoms with Gasteiger partial charge in [-0.25, -0.2) is 0 Å². The van der Waals surface area contributed by atoms with Crippen molar-refractivity contribution in [2.45, 2.75) is 32.6 Å². The van der Waals surface area contributed by atoms with E-state index in [0.29, 0.717) is 38.5 Å². The first-order valence-electron chi connectivity index (χ1n) is 6.50. The number of ether oxygens (including phenoxy) is 1. The Morgan fingerprint density at radius 2 is 2.12 bits per heavy atom. The van der Waals surface area contributed by atoms with Gasteiger partial charge in [0.05, 0.1) is 6.07 Å². The third-order valence-electron chi connectivity index (χ3n) is 3.81. The second-order valence-corrected chi connectivity index (χ2v) is 5.09. The summed E-state index contributed by atoms with van der Waals surface area (Å²) in [5, 5.41) is 9.35. The van der Waals surface area contributed by atoms with Crippen molar-refractivity contribution < 1.29 is 9.53 Å². The molecular weight excluding hydrogens is 216 g/mol. The standard InChI is InChI=1S/C13H20N2O2/c1-2-15(9-11-3-4-11)12(16)13(10-14)5-7-17-8-6-13/h11H,2-9H2,1H3. The molecule has 2 aliphatic rings. The maximum atomic E-state index is 12.5. The van der Waals surface area contributed by atoms with E-state index in [2.05, 4.69) is 6.07 Å². The molecular formula is C13H20N2O2. The highest BCUT2D eigenvalue weighted by atomic mass is 16.5. The zero-order valence-electron chi connectivity index (χ0n) is 10.4. The Morgan fingerprint density at radius 1 is 1.47 bits per heavy atom. The molecule has 1 amide bonds. The van der Waals surface area contributed by atoms with Crippen molar-refractivity contribution in [2.75, 3.05) is 26.3 Å². The van der Waals surface area contributed by atoms with Gasteiger partial charge in [-0.15, -0.1) is 0 Å². The van der Waals surface area contributed by atoms with Gasteiger partial charge in [0.2, 0.25) is 5.91 Å². The first-order chi connectivity index (χ1) is 8.22. The molecule has 1 saturated carbocycles. The van der Waals surface area contributed by atoms with Crippen molar-refractivity contribution in [3.05, 3.63) is 0 Å². The molecule has 2 fully saturated rings. The quantitative estimate of drug-likeness (QED) is 0.744. The number of hydrogen-bond acceptors (Lipinski definition) is 3. The van der Waals surface area contributed by atoms with Crippen LogP contribution < -0.4 is 0 Å². The highest BCUT2D eigenvalue weighted by Crippen LogP contribution is 2.35. The van der Waals surface area contributed by atoms with Gasteiger partial charge in [0.25, 0.3) is 0 Å². The highest BCUT2D eigenvalue weighted by molar-refractivity contribution is 5.85. The molecule has 94 valence electrons. The number of rotatable bonds is 4. The van der Waals surface area contributed by atoms with E-state index in [1.807, 2.05) is 11.8 Å². The Balaban J connectivity index is 2.06. The Labute approximate surface area is 103 Å². The van der Waals surface area contributed by atoms with Crippen LogP contribution in [0.4, 0.5) is 0 Å². The lowest BCUT2D eigenvalue weighted by molar-refractivity contribution is -0.143. The SMILES string of the molecule is CCN(CC1CC1)C(=O)C1(C#N)CCOCC1. The number of nitrogens with zero attached hydrogens (tertiary/aromatic N) is 2. The van der Waals surface area contributed by atoms with Gasteiger partial charge in [0.1, 0.15) is 5.41 Å². The Morgan fingerprint density at radius 3 is 2.59 bits per heavy atom. The third kappa shape index (κ3) is 2.61.